The molecule has 1 heteroatoms. The van der Waals surface area contributed by atoms with E-state index in [0.717, 1.165) is 24.8 Å². The van der Waals surface area contributed by atoms with Gasteiger partial charge in [0.1, 0.15) is 0 Å². The second-order valence-corrected chi connectivity index (χ2v) is 5.14. The molecule has 92 valence electrons. The number of rotatable bonds is 6. The minimum absolute atomic E-state index is 0.567. The lowest BCUT2D eigenvalue weighted by atomic mass is 9.76. The van der Waals surface area contributed by atoms with E-state index in [-0.39, 0.29) is 0 Å². The van der Waals surface area contributed by atoms with Crippen LogP contribution in [0.3, 0.4) is 0 Å². The molecule has 1 saturated carbocycles. The number of nitrogens with one attached hydrogen (secondary N) is 1. The van der Waals surface area contributed by atoms with Gasteiger partial charge in [0, 0.05) is 12.5 Å². The molecule has 0 saturated heterocycles. The summed E-state index contributed by atoms with van der Waals surface area (Å²) in [5.74, 6) is 4.64. The Morgan fingerprint density at radius 3 is 2.44 bits per heavy atom. The maximum atomic E-state index is 5.45. The molecule has 1 rings (SSSR count). The summed E-state index contributed by atoms with van der Waals surface area (Å²) in [6.45, 7) is 5.51. The topological polar surface area (TPSA) is 12.0 Å². The first kappa shape index (κ1) is 13.6. The van der Waals surface area contributed by atoms with Crippen molar-refractivity contribution >= 4 is 0 Å². The Morgan fingerprint density at radius 2 is 1.94 bits per heavy atom. The van der Waals surface area contributed by atoms with Crippen molar-refractivity contribution in [3.63, 3.8) is 0 Å². The van der Waals surface area contributed by atoms with Gasteiger partial charge in [0.15, 0.2) is 0 Å². The van der Waals surface area contributed by atoms with Crippen LogP contribution >= 0.6 is 0 Å². The van der Waals surface area contributed by atoms with Gasteiger partial charge in [-0.15, -0.1) is 12.3 Å². The summed E-state index contributed by atoms with van der Waals surface area (Å²) in [6, 6.07) is 0.567. The molecule has 1 aliphatic carbocycles. The van der Waals surface area contributed by atoms with Crippen molar-refractivity contribution in [2.24, 2.45) is 11.8 Å². The minimum atomic E-state index is 0.567. The van der Waals surface area contributed by atoms with Gasteiger partial charge in [-0.3, -0.25) is 0 Å². The van der Waals surface area contributed by atoms with Gasteiger partial charge in [0.2, 0.25) is 0 Å². The third-order valence-electron chi connectivity index (χ3n) is 3.96. The Hall–Kier alpha value is -0.480. The van der Waals surface area contributed by atoms with E-state index in [9.17, 15) is 0 Å². The molecule has 0 radical (unpaired) electrons. The highest BCUT2D eigenvalue weighted by Crippen LogP contribution is 2.33. The van der Waals surface area contributed by atoms with Gasteiger partial charge in [-0.2, -0.15) is 0 Å². The second-order valence-electron chi connectivity index (χ2n) is 5.14. The summed E-state index contributed by atoms with van der Waals surface area (Å²) < 4.78 is 0. The van der Waals surface area contributed by atoms with Crippen LogP contribution in [0.2, 0.25) is 0 Å². The van der Waals surface area contributed by atoms with Crippen molar-refractivity contribution in [2.75, 3.05) is 6.54 Å². The molecule has 0 heterocycles. The van der Waals surface area contributed by atoms with Gasteiger partial charge in [-0.1, -0.05) is 39.5 Å². The van der Waals surface area contributed by atoms with E-state index in [1.165, 1.54) is 38.5 Å². The second kappa shape index (κ2) is 7.74. The highest BCUT2D eigenvalue weighted by atomic mass is 14.9. The molecule has 16 heavy (non-hydrogen) atoms. The molecule has 0 bridgehead atoms. The Bertz CT molecular complexity index is 208. The van der Waals surface area contributed by atoms with E-state index in [4.69, 9.17) is 6.42 Å². The number of terminal acetylenes is 1. The molecule has 0 aromatic carbocycles. The maximum Gasteiger partial charge on any atom is 0.0243 e. The van der Waals surface area contributed by atoms with Crippen LogP contribution in [-0.2, 0) is 0 Å². The van der Waals surface area contributed by atoms with Crippen LogP contribution in [0.4, 0.5) is 0 Å². The Labute approximate surface area is 101 Å². The van der Waals surface area contributed by atoms with Gasteiger partial charge in [0.25, 0.3) is 0 Å². The standard InChI is InChI=1S/C15H27N/c1-4-7-13-9-11-14(12-10-13)15(8-5-2)16-6-3/h2,13-16H,4,6-12H2,1,3H3. The Balaban J connectivity index is 2.35. The van der Waals surface area contributed by atoms with Crippen molar-refractivity contribution in [1.82, 2.24) is 5.32 Å². The van der Waals surface area contributed by atoms with Crippen LogP contribution in [0.5, 0.6) is 0 Å². The lowest BCUT2D eigenvalue weighted by Gasteiger charge is -2.33. The summed E-state index contributed by atoms with van der Waals surface area (Å²) in [4.78, 5) is 0. The fraction of sp³-hybridized carbons (Fsp3) is 0.867. The zero-order valence-electron chi connectivity index (χ0n) is 11.0. The zero-order chi connectivity index (χ0) is 11.8. The quantitative estimate of drug-likeness (QED) is 0.676. The number of hydrogen-bond donors (Lipinski definition) is 1. The molecule has 1 atom stereocenters. The summed E-state index contributed by atoms with van der Waals surface area (Å²) in [6.07, 6.45) is 14.7. The first-order chi connectivity index (χ1) is 7.81. The normalized spacial score (nSPS) is 27.3. The lowest BCUT2D eigenvalue weighted by molar-refractivity contribution is 0.216. The van der Waals surface area contributed by atoms with E-state index in [1.54, 1.807) is 0 Å². The van der Waals surface area contributed by atoms with Crippen LogP contribution in [0, 0.1) is 24.2 Å². The zero-order valence-corrected chi connectivity index (χ0v) is 11.0. The average molecular weight is 221 g/mol. The monoisotopic (exact) mass is 221 g/mol. The van der Waals surface area contributed by atoms with Crippen molar-refractivity contribution in [3.05, 3.63) is 0 Å². The highest BCUT2D eigenvalue weighted by molar-refractivity contribution is 4.93. The molecule has 0 amide bonds. The van der Waals surface area contributed by atoms with Crippen molar-refractivity contribution in [2.45, 2.75) is 64.8 Å². The fourth-order valence-corrected chi connectivity index (χ4v) is 3.08. The Morgan fingerprint density at radius 1 is 1.25 bits per heavy atom. The summed E-state index contributed by atoms with van der Waals surface area (Å²) in [7, 11) is 0. The molecule has 0 aromatic rings. The van der Waals surface area contributed by atoms with Gasteiger partial charge in [0.05, 0.1) is 0 Å². The van der Waals surface area contributed by atoms with Crippen LogP contribution in [0.25, 0.3) is 0 Å². The highest BCUT2D eigenvalue weighted by Gasteiger charge is 2.26. The summed E-state index contributed by atoms with van der Waals surface area (Å²) in [5, 5.41) is 3.56. The first-order valence-electron chi connectivity index (χ1n) is 6.98. The molecule has 1 N–H and O–H groups in total. The molecule has 1 nitrogen and oxygen atoms in total. The van der Waals surface area contributed by atoms with E-state index >= 15 is 0 Å². The van der Waals surface area contributed by atoms with E-state index < -0.39 is 0 Å². The largest absolute Gasteiger partial charge is 0.313 e. The van der Waals surface area contributed by atoms with E-state index in [2.05, 4.69) is 25.1 Å². The first-order valence-corrected chi connectivity index (χ1v) is 6.98. The fourth-order valence-electron chi connectivity index (χ4n) is 3.08. The predicted molar refractivity (Wildman–Crippen MR) is 71.3 cm³/mol. The molecule has 1 unspecified atom stereocenters. The molecular weight excluding hydrogens is 194 g/mol. The van der Waals surface area contributed by atoms with E-state index in [0.29, 0.717) is 6.04 Å². The maximum absolute atomic E-state index is 5.45. The Kier molecular flexibility index (Phi) is 6.57. The molecular formula is C15H27N. The van der Waals surface area contributed by atoms with Gasteiger partial charge in [-0.05, 0) is 31.2 Å². The van der Waals surface area contributed by atoms with Crippen LogP contribution < -0.4 is 5.32 Å². The molecule has 1 fully saturated rings. The third kappa shape index (κ3) is 4.18. The third-order valence-corrected chi connectivity index (χ3v) is 3.96. The van der Waals surface area contributed by atoms with Gasteiger partial charge >= 0.3 is 0 Å². The molecule has 1 aliphatic rings. The van der Waals surface area contributed by atoms with E-state index in [1.807, 2.05) is 0 Å². The SMILES string of the molecule is C#CCC(NCC)C1CCC(CCC)CC1. The summed E-state index contributed by atoms with van der Waals surface area (Å²) >= 11 is 0. The molecule has 0 aromatic heterocycles. The lowest BCUT2D eigenvalue weighted by Crippen LogP contribution is -2.37. The number of hydrogen-bond acceptors (Lipinski definition) is 1. The smallest absolute Gasteiger partial charge is 0.0243 e. The minimum Gasteiger partial charge on any atom is -0.313 e. The average Bonchev–Trinajstić information content (AvgIpc) is 2.30. The van der Waals surface area contributed by atoms with Crippen LogP contribution in [0.15, 0.2) is 0 Å². The van der Waals surface area contributed by atoms with Crippen molar-refractivity contribution in [1.29, 1.82) is 0 Å². The van der Waals surface area contributed by atoms with Gasteiger partial charge < -0.3 is 5.32 Å². The summed E-state index contributed by atoms with van der Waals surface area (Å²) in [5.41, 5.74) is 0. The molecule has 0 spiro atoms. The van der Waals surface area contributed by atoms with Gasteiger partial charge in [-0.25, -0.2) is 0 Å². The predicted octanol–water partition coefficient (Wildman–Crippen LogP) is 3.59. The van der Waals surface area contributed by atoms with Crippen LogP contribution in [-0.4, -0.2) is 12.6 Å². The van der Waals surface area contributed by atoms with Crippen LogP contribution in [0.1, 0.15) is 58.8 Å². The van der Waals surface area contributed by atoms with Crippen molar-refractivity contribution in [3.8, 4) is 12.3 Å². The van der Waals surface area contributed by atoms with Crippen molar-refractivity contribution < 1.29 is 0 Å². The molecule has 0 aliphatic heterocycles.